The lowest BCUT2D eigenvalue weighted by Crippen LogP contribution is -2.00. The van der Waals surface area contributed by atoms with Gasteiger partial charge in [0.2, 0.25) is 5.69 Å². The van der Waals surface area contributed by atoms with Crippen LogP contribution in [-0.4, -0.2) is 15.0 Å². The number of hydrogen-bond donors (Lipinski definition) is 0. The van der Waals surface area contributed by atoms with Crippen molar-refractivity contribution in [3.63, 3.8) is 0 Å². The van der Waals surface area contributed by atoms with E-state index in [0.717, 1.165) is 22.3 Å². The molecule has 0 unspecified atom stereocenters. The van der Waals surface area contributed by atoms with Gasteiger partial charge in [0.05, 0.1) is 12.1 Å². The fourth-order valence-corrected chi connectivity index (χ4v) is 3.69. The second-order valence-electron chi connectivity index (χ2n) is 7.70. The molecule has 164 valence electrons. The molecule has 0 atom stereocenters. The molecule has 0 aliphatic heterocycles. The van der Waals surface area contributed by atoms with Crippen LogP contribution in [0, 0.1) is 23.7 Å². The number of nitrogens with zero attached hydrogens (tertiary/aromatic N) is 5. The van der Waals surface area contributed by atoms with Crippen molar-refractivity contribution < 1.29 is 4.39 Å². The third-order valence-electron chi connectivity index (χ3n) is 5.47. The van der Waals surface area contributed by atoms with Crippen molar-refractivity contribution in [2.45, 2.75) is 0 Å². The molecule has 0 N–H and O–H groups in total. The van der Waals surface area contributed by atoms with E-state index in [2.05, 4.69) is 4.85 Å². The second kappa shape index (κ2) is 9.35. The number of aromatic nitrogens is 3. The summed E-state index contributed by atoms with van der Waals surface area (Å²) in [6, 6.07) is 31.5. The monoisotopic (exact) mass is 453 g/mol. The van der Waals surface area contributed by atoms with E-state index in [-0.39, 0.29) is 11.3 Å². The summed E-state index contributed by atoms with van der Waals surface area (Å²) < 4.78 is 14.2. The lowest BCUT2D eigenvalue weighted by Gasteiger charge is -2.09. The molecule has 0 aliphatic rings. The van der Waals surface area contributed by atoms with E-state index in [0.29, 0.717) is 23.0 Å². The van der Waals surface area contributed by atoms with Crippen LogP contribution in [0.5, 0.6) is 0 Å². The van der Waals surface area contributed by atoms with Crippen LogP contribution in [0.15, 0.2) is 97.1 Å². The van der Waals surface area contributed by atoms with Crippen LogP contribution < -0.4 is 0 Å². The molecular formula is C29H16FN5. The summed E-state index contributed by atoms with van der Waals surface area (Å²) in [7, 11) is 0. The van der Waals surface area contributed by atoms with Crippen molar-refractivity contribution in [1.82, 2.24) is 15.0 Å². The van der Waals surface area contributed by atoms with Gasteiger partial charge in [-0.1, -0.05) is 84.9 Å². The van der Waals surface area contributed by atoms with E-state index in [9.17, 15) is 9.65 Å². The summed E-state index contributed by atoms with van der Waals surface area (Å²) >= 11 is 0. The summed E-state index contributed by atoms with van der Waals surface area (Å²) in [5, 5.41) is 9.23. The molecule has 1 heterocycles. The molecule has 0 saturated heterocycles. The maximum Gasteiger partial charge on any atom is 0.224 e. The SMILES string of the molecule is [C-]#[N+]c1cc(-c2ccc(-c3nc(-c4ccccc4)nc(-c4ccccc4)n3)cc2)cc(C#N)c1F. The van der Waals surface area contributed by atoms with Crippen LogP contribution in [0.4, 0.5) is 10.1 Å². The summed E-state index contributed by atoms with van der Waals surface area (Å²) in [5.74, 6) is 0.854. The van der Waals surface area contributed by atoms with Crippen LogP contribution in [-0.2, 0) is 0 Å². The van der Waals surface area contributed by atoms with Crippen molar-refractivity contribution in [3.05, 3.63) is 120 Å². The normalized spacial score (nSPS) is 10.4. The summed E-state index contributed by atoms with van der Waals surface area (Å²) in [6.45, 7) is 7.20. The quantitative estimate of drug-likeness (QED) is 0.272. The van der Waals surface area contributed by atoms with Crippen LogP contribution >= 0.6 is 0 Å². The Morgan fingerprint density at radius 2 is 1.09 bits per heavy atom. The summed E-state index contributed by atoms with van der Waals surface area (Å²) in [4.78, 5) is 17.3. The molecule has 0 amide bonds. The number of hydrogen-bond acceptors (Lipinski definition) is 4. The van der Waals surface area contributed by atoms with Gasteiger partial charge in [0.25, 0.3) is 0 Å². The van der Waals surface area contributed by atoms with Crippen molar-refractivity contribution in [2.75, 3.05) is 0 Å². The van der Waals surface area contributed by atoms with Gasteiger partial charge in [-0.15, -0.1) is 0 Å². The van der Waals surface area contributed by atoms with E-state index >= 15 is 0 Å². The predicted molar refractivity (Wildman–Crippen MR) is 133 cm³/mol. The molecule has 5 aromatic rings. The molecule has 0 bridgehead atoms. The van der Waals surface area contributed by atoms with Gasteiger partial charge in [-0.3, -0.25) is 0 Å². The maximum absolute atomic E-state index is 14.2. The van der Waals surface area contributed by atoms with E-state index in [1.807, 2.05) is 91.0 Å². The third-order valence-corrected chi connectivity index (χ3v) is 5.47. The fourth-order valence-electron chi connectivity index (χ4n) is 3.69. The van der Waals surface area contributed by atoms with Crippen LogP contribution in [0.3, 0.4) is 0 Å². The number of benzene rings is 4. The Balaban J connectivity index is 1.59. The molecule has 5 rings (SSSR count). The highest BCUT2D eigenvalue weighted by molar-refractivity contribution is 5.74. The van der Waals surface area contributed by atoms with Gasteiger partial charge in [0.1, 0.15) is 11.9 Å². The van der Waals surface area contributed by atoms with Gasteiger partial charge in [-0.05, 0) is 23.3 Å². The van der Waals surface area contributed by atoms with E-state index in [1.165, 1.54) is 12.1 Å². The minimum absolute atomic E-state index is 0.157. The first-order valence-electron chi connectivity index (χ1n) is 10.7. The highest BCUT2D eigenvalue weighted by atomic mass is 19.1. The van der Waals surface area contributed by atoms with Gasteiger partial charge >= 0.3 is 0 Å². The second-order valence-corrected chi connectivity index (χ2v) is 7.70. The molecule has 4 aromatic carbocycles. The zero-order valence-corrected chi connectivity index (χ0v) is 18.4. The molecule has 0 spiro atoms. The average Bonchev–Trinajstić information content (AvgIpc) is 2.94. The summed E-state index contributed by atoms with van der Waals surface area (Å²) in [6.07, 6.45) is 0. The molecule has 1 aromatic heterocycles. The Bertz CT molecular complexity index is 1510. The standard InChI is InChI=1S/C29H16FN5/c1-32-25-17-23(16-24(18-31)26(25)30)19-12-14-22(15-13-19)29-34-27(20-8-4-2-5-9-20)33-28(35-29)21-10-6-3-7-11-21/h2-17H. The molecule has 0 radical (unpaired) electrons. The smallest absolute Gasteiger partial charge is 0.224 e. The maximum atomic E-state index is 14.2. The first-order valence-corrected chi connectivity index (χ1v) is 10.7. The van der Waals surface area contributed by atoms with Gasteiger partial charge in [0, 0.05) is 16.7 Å². The predicted octanol–water partition coefficient (Wildman–Crippen LogP) is 7.10. The zero-order valence-electron chi connectivity index (χ0n) is 18.4. The van der Waals surface area contributed by atoms with E-state index < -0.39 is 5.82 Å². The van der Waals surface area contributed by atoms with E-state index in [1.54, 1.807) is 0 Å². The lowest BCUT2D eigenvalue weighted by molar-refractivity contribution is 0.630. The molecular weight excluding hydrogens is 437 g/mol. The van der Waals surface area contributed by atoms with Gasteiger partial charge < -0.3 is 0 Å². The largest absolute Gasteiger partial charge is 0.235 e. The minimum Gasteiger partial charge on any atom is -0.235 e. The first kappa shape index (κ1) is 21.6. The van der Waals surface area contributed by atoms with Crippen LogP contribution in [0.1, 0.15) is 5.56 Å². The Hall–Kier alpha value is -5.20. The van der Waals surface area contributed by atoms with Crippen LogP contribution in [0.2, 0.25) is 0 Å². The fraction of sp³-hybridized carbons (Fsp3) is 0. The van der Waals surface area contributed by atoms with Crippen LogP contribution in [0.25, 0.3) is 50.1 Å². The first-order chi connectivity index (χ1) is 17.2. The van der Waals surface area contributed by atoms with Crippen molar-refractivity contribution in [3.8, 4) is 51.4 Å². The third kappa shape index (κ3) is 4.37. The Morgan fingerprint density at radius 1 is 0.629 bits per heavy atom. The van der Waals surface area contributed by atoms with Crippen molar-refractivity contribution in [2.24, 2.45) is 0 Å². The minimum atomic E-state index is -0.796. The highest BCUT2D eigenvalue weighted by Gasteiger charge is 2.14. The van der Waals surface area contributed by atoms with Gasteiger partial charge in [-0.25, -0.2) is 24.2 Å². The van der Waals surface area contributed by atoms with Crippen molar-refractivity contribution >= 4 is 5.69 Å². The zero-order chi connectivity index (χ0) is 24.2. The van der Waals surface area contributed by atoms with Gasteiger partial charge in [-0.2, -0.15) is 5.26 Å². The molecule has 0 aliphatic carbocycles. The molecule has 6 heteroatoms. The highest BCUT2D eigenvalue weighted by Crippen LogP contribution is 2.31. The number of rotatable bonds is 4. The lowest BCUT2D eigenvalue weighted by atomic mass is 10.0. The topological polar surface area (TPSA) is 66.8 Å². The summed E-state index contributed by atoms with van der Waals surface area (Å²) in [5.41, 5.74) is 3.54. The molecule has 0 fully saturated rings. The molecule has 35 heavy (non-hydrogen) atoms. The number of nitriles is 1. The molecule has 0 saturated carbocycles. The number of halogens is 1. The average molecular weight is 453 g/mol. The van der Waals surface area contributed by atoms with Crippen molar-refractivity contribution in [1.29, 1.82) is 5.26 Å². The Labute approximate surface area is 201 Å². The van der Waals surface area contributed by atoms with E-state index in [4.69, 9.17) is 21.5 Å². The Morgan fingerprint density at radius 3 is 1.54 bits per heavy atom. The molecule has 5 nitrogen and oxygen atoms in total. The van der Waals surface area contributed by atoms with Gasteiger partial charge in [0.15, 0.2) is 17.5 Å². The Kier molecular flexibility index (Phi) is 5.78.